The maximum atomic E-state index is 12.6. The largest absolute Gasteiger partial charge is 0.394 e. The first-order valence-corrected chi connectivity index (χ1v) is 33.6. The highest BCUT2D eigenvalue weighted by Gasteiger charge is 2.21. The fraction of sp³-hybridized carbons (Fsp3) is 0.926. The number of unbranched alkanes of at least 4 members (excludes halogenated alkanes) is 50. The molecule has 0 aromatic carbocycles. The highest BCUT2D eigenvalue weighted by atomic mass is 16.3. The summed E-state index contributed by atoms with van der Waals surface area (Å²) < 4.78 is 0. The third-order valence-electron chi connectivity index (χ3n) is 16.0. The first kappa shape index (κ1) is 71.8. The van der Waals surface area contributed by atoms with Crippen molar-refractivity contribution in [2.75, 3.05) is 6.61 Å². The van der Waals surface area contributed by atoms with Crippen LogP contribution >= 0.6 is 0 Å². The fourth-order valence-corrected chi connectivity index (χ4v) is 10.9. The summed E-state index contributed by atoms with van der Waals surface area (Å²) in [6.07, 6.45) is 82.4. The van der Waals surface area contributed by atoms with Crippen molar-refractivity contribution in [2.24, 2.45) is 0 Å². The fourth-order valence-electron chi connectivity index (χ4n) is 10.9. The summed E-state index contributed by atoms with van der Waals surface area (Å²) in [6, 6.07) is -0.659. The third kappa shape index (κ3) is 59.9. The van der Waals surface area contributed by atoms with Crippen LogP contribution in [0.5, 0.6) is 0 Å². The van der Waals surface area contributed by atoms with E-state index in [0.29, 0.717) is 12.8 Å². The molecule has 0 aromatic heterocycles. The lowest BCUT2D eigenvalue weighted by molar-refractivity contribution is -0.125. The van der Waals surface area contributed by atoms with Gasteiger partial charge in [0.05, 0.1) is 31.3 Å². The van der Waals surface area contributed by atoms with E-state index in [-0.39, 0.29) is 18.9 Å². The molecule has 0 aliphatic heterocycles. The minimum absolute atomic E-state index is 0.0398. The Hall–Kier alpha value is -1.17. The molecule has 1 amide bonds. The number of aliphatic hydroxyl groups is 3. The summed E-state index contributed by atoms with van der Waals surface area (Å²) in [4.78, 5) is 12.6. The molecule has 0 aliphatic rings. The quantitative estimate of drug-likeness (QED) is 0.0361. The van der Waals surface area contributed by atoms with Crippen LogP contribution in [-0.2, 0) is 4.79 Å². The molecule has 0 fully saturated rings. The van der Waals surface area contributed by atoms with Crippen molar-refractivity contribution >= 4 is 5.91 Å². The molecular weight excluding hydrogens is 895 g/mol. The summed E-state index contributed by atoms with van der Waals surface area (Å²) in [7, 11) is 0. The van der Waals surface area contributed by atoms with Gasteiger partial charge in [0.15, 0.2) is 0 Å². The maximum Gasteiger partial charge on any atom is 0.222 e. The number of amides is 1. The van der Waals surface area contributed by atoms with E-state index < -0.39 is 18.2 Å². The molecule has 0 spiro atoms. The van der Waals surface area contributed by atoms with Crippen molar-refractivity contribution < 1.29 is 20.1 Å². The van der Waals surface area contributed by atoms with Gasteiger partial charge in [0.1, 0.15) is 0 Å². The van der Waals surface area contributed by atoms with E-state index in [2.05, 4.69) is 43.5 Å². The van der Waals surface area contributed by atoms with Crippen molar-refractivity contribution in [1.29, 1.82) is 0 Å². The highest BCUT2D eigenvalue weighted by molar-refractivity contribution is 5.76. The van der Waals surface area contributed by atoms with Gasteiger partial charge in [-0.3, -0.25) is 4.79 Å². The lowest BCUT2D eigenvalue weighted by Crippen LogP contribution is -2.46. The molecule has 5 nitrogen and oxygen atoms in total. The lowest BCUT2D eigenvalue weighted by atomic mass is 10.0. The summed E-state index contributed by atoms with van der Waals surface area (Å²) in [5.74, 6) is -0.276. The molecule has 434 valence electrons. The van der Waals surface area contributed by atoms with Crippen molar-refractivity contribution in [3.63, 3.8) is 0 Å². The summed E-state index contributed by atoms with van der Waals surface area (Å²) in [5, 5.41) is 33.8. The van der Waals surface area contributed by atoms with Gasteiger partial charge < -0.3 is 20.6 Å². The van der Waals surface area contributed by atoms with Gasteiger partial charge in [0.2, 0.25) is 5.91 Å². The number of nitrogens with one attached hydrogen (secondary N) is 1. The molecule has 73 heavy (non-hydrogen) atoms. The van der Waals surface area contributed by atoms with Crippen molar-refractivity contribution in [3.05, 3.63) is 24.3 Å². The molecule has 0 aliphatic carbocycles. The Labute approximate surface area is 458 Å². The zero-order valence-corrected chi connectivity index (χ0v) is 49.8. The van der Waals surface area contributed by atoms with Crippen LogP contribution < -0.4 is 5.32 Å². The zero-order valence-electron chi connectivity index (χ0n) is 49.8. The van der Waals surface area contributed by atoms with Gasteiger partial charge in [-0.2, -0.15) is 0 Å². The predicted molar refractivity (Wildman–Crippen MR) is 324 cm³/mol. The number of carbonyl (C=O) groups excluding carboxylic acids is 1. The Morgan fingerprint density at radius 2 is 0.589 bits per heavy atom. The smallest absolute Gasteiger partial charge is 0.222 e. The monoisotopic (exact) mass is 1030 g/mol. The number of carbonyl (C=O) groups is 1. The second-order valence-electron chi connectivity index (χ2n) is 23.4. The molecule has 3 atom stereocenters. The van der Waals surface area contributed by atoms with Crippen molar-refractivity contribution in [1.82, 2.24) is 5.32 Å². The normalized spacial score (nSPS) is 13.2. The van der Waals surface area contributed by atoms with E-state index in [1.807, 2.05) is 0 Å². The third-order valence-corrected chi connectivity index (χ3v) is 16.0. The van der Waals surface area contributed by atoms with Gasteiger partial charge in [-0.1, -0.05) is 353 Å². The molecule has 4 N–H and O–H groups in total. The molecule has 0 saturated carbocycles. The standard InChI is InChI=1S/C68H133NO4/c1-3-5-7-9-11-13-15-17-19-21-23-25-27-28-29-30-31-32-33-34-35-36-37-38-40-41-43-45-47-49-51-53-55-57-59-61-65(71)63-68(73)69-66(64-70)67(72)62-60-58-56-54-52-50-48-46-44-42-39-26-24-22-20-18-16-14-12-10-8-6-4-2/h29-30,32-33,65-67,70-72H,3-28,31,34-64H2,1-2H3,(H,69,73)/b30-29-,33-32-. The Bertz CT molecular complexity index is 1090. The first-order chi connectivity index (χ1) is 36.0. The Balaban J connectivity index is 3.47. The minimum atomic E-state index is -0.750. The molecule has 0 heterocycles. The first-order valence-electron chi connectivity index (χ1n) is 33.6. The second kappa shape index (κ2) is 63.4. The number of hydrogen-bond acceptors (Lipinski definition) is 4. The van der Waals surface area contributed by atoms with Crippen LogP contribution in [0.1, 0.15) is 380 Å². The molecule has 0 radical (unpaired) electrons. The number of rotatable bonds is 63. The van der Waals surface area contributed by atoms with Crippen LogP contribution in [0.25, 0.3) is 0 Å². The van der Waals surface area contributed by atoms with Crippen molar-refractivity contribution in [3.8, 4) is 0 Å². The number of hydrogen-bond donors (Lipinski definition) is 4. The molecule has 0 saturated heterocycles. The lowest BCUT2D eigenvalue weighted by Gasteiger charge is -2.23. The van der Waals surface area contributed by atoms with Gasteiger partial charge in [-0.15, -0.1) is 0 Å². The predicted octanol–water partition coefficient (Wildman–Crippen LogP) is 21.6. The molecule has 0 rings (SSSR count). The molecule has 5 heteroatoms. The van der Waals surface area contributed by atoms with Crippen LogP contribution in [0.4, 0.5) is 0 Å². The van der Waals surface area contributed by atoms with E-state index >= 15 is 0 Å². The van der Waals surface area contributed by atoms with Crippen LogP contribution in [-0.4, -0.2) is 46.1 Å². The summed E-state index contributed by atoms with van der Waals surface area (Å²) >= 11 is 0. The molecule has 3 unspecified atom stereocenters. The SMILES string of the molecule is CCCCCCCCCCCCCCC/C=C\C/C=C\CCCCCCCCCCCCCCCCCC(O)CC(=O)NC(CO)C(O)CCCCCCCCCCCCCCCCCCCCCCCCC. The molecule has 0 aromatic rings. The average Bonchev–Trinajstić information content (AvgIpc) is 3.39. The van der Waals surface area contributed by atoms with E-state index in [4.69, 9.17) is 0 Å². The number of allylic oxidation sites excluding steroid dienone is 4. The Morgan fingerprint density at radius 3 is 0.863 bits per heavy atom. The molecular formula is C68H133NO4. The van der Waals surface area contributed by atoms with E-state index in [1.165, 1.54) is 315 Å². The highest BCUT2D eigenvalue weighted by Crippen LogP contribution is 2.19. The van der Waals surface area contributed by atoms with Gasteiger partial charge in [-0.05, 0) is 44.9 Å². The maximum absolute atomic E-state index is 12.6. The van der Waals surface area contributed by atoms with Crippen LogP contribution in [0.3, 0.4) is 0 Å². The van der Waals surface area contributed by atoms with E-state index in [0.717, 1.165) is 32.1 Å². The summed E-state index contributed by atoms with van der Waals surface area (Å²) in [6.45, 7) is 4.31. The minimum Gasteiger partial charge on any atom is -0.394 e. The van der Waals surface area contributed by atoms with Crippen LogP contribution in [0.15, 0.2) is 24.3 Å². The van der Waals surface area contributed by atoms with Crippen LogP contribution in [0, 0.1) is 0 Å². The summed E-state index contributed by atoms with van der Waals surface area (Å²) in [5.41, 5.74) is 0. The Morgan fingerprint density at radius 1 is 0.342 bits per heavy atom. The molecule has 0 bridgehead atoms. The average molecular weight is 1030 g/mol. The second-order valence-corrected chi connectivity index (χ2v) is 23.4. The topological polar surface area (TPSA) is 89.8 Å². The van der Waals surface area contributed by atoms with Crippen molar-refractivity contribution in [2.45, 2.75) is 398 Å². The zero-order chi connectivity index (χ0) is 52.9. The van der Waals surface area contributed by atoms with E-state index in [9.17, 15) is 20.1 Å². The Kier molecular flexibility index (Phi) is 62.3. The van der Waals surface area contributed by atoms with Gasteiger partial charge in [0, 0.05) is 0 Å². The van der Waals surface area contributed by atoms with Crippen LogP contribution in [0.2, 0.25) is 0 Å². The van der Waals surface area contributed by atoms with E-state index in [1.54, 1.807) is 0 Å². The van der Waals surface area contributed by atoms with Gasteiger partial charge >= 0.3 is 0 Å². The number of aliphatic hydroxyl groups excluding tert-OH is 3. The van der Waals surface area contributed by atoms with Gasteiger partial charge in [-0.25, -0.2) is 0 Å². The van der Waals surface area contributed by atoms with Gasteiger partial charge in [0.25, 0.3) is 0 Å².